The summed E-state index contributed by atoms with van der Waals surface area (Å²) >= 11 is 0. The molecule has 0 fully saturated rings. The van der Waals surface area contributed by atoms with Crippen LogP contribution in [0.5, 0.6) is 0 Å². The van der Waals surface area contributed by atoms with Crippen molar-refractivity contribution >= 4 is 0 Å². The molecule has 2 aromatic heterocycles. The number of aliphatic hydroxyl groups is 1. The predicted molar refractivity (Wildman–Crippen MR) is 97.6 cm³/mol. The van der Waals surface area contributed by atoms with E-state index in [2.05, 4.69) is 34.2 Å². The normalized spacial score (nSPS) is 12.7. The van der Waals surface area contributed by atoms with Crippen LogP contribution in [0.15, 0.2) is 48.8 Å². The van der Waals surface area contributed by atoms with Gasteiger partial charge in [-0.2, -0.15) is 10.2 Å². The zero-order valence-electron chi connectivity index (χ0n) is 15.0. The van der Waals surface area contributed by atoms with Crippen molar-refractivity contribution in [3.63, 3.8) is 0 Å². The monoisotopic (exact) mass is 339 g/mol. The fraction of sp³-hybridized carbons (Fsp3) is 0.368. The maximum Gasteiger partial charge on any atom is 0.0862 e. The minimum absolute atomic E-state index is 0.463. The highest BCUT2D eigenvalue weighted by atomic mass is 16.3. The summed E-state index contributed by atoms with van der Waals surface area (Å²) < 4.78 is 3.74. The van der Waals surface area contributed by atoms with Crippen LogP contribution in [-0.2, 0) is 13.1 Å². The molecule has 6 nitrogen and oxygen atoms in total. The summed E-state index contributed by atoms with van der Waals surface area (Å²) in [6, 6.07) is 12.0. The van der Waals surface area contributed by atoms with Crippen molar-refractivity contribution in [1.82, 2.24) is 24.5 Å². The summed E-state index contributed by atoms with van der Waals surface area (Å²) in [7, 11) is 2.02. The average Bonchev–Trinajstić information content (AvgIpc) is 3.19. The van der Waals surface area contributed by atoms with Crippen LogP contribution < -0.4 is 0 Å². The third-order valence-electron chi connectivity index (χ3n) is 4.35. The Bertz CT molecular complexity index is 795. The first kappa shape index (κ1) is 17.4. The highest BCUT2D eigenvalue weighted by Crippen LogP contribution is 2.19. The SMILES string of the molecule is Cc1nn(-c2ccccc2)c(C)c1CN(C)C[C@@H](O)Cn1cccn1. The lowest BCUT2D eigenvalue weighted by atomic mass is 10.1. The molecule has 25 heavy (non-hydrogen) atoms. The standard InChI is InChI=1S/C19H25N5O/c1-15-19(16(2)24(21-15)17-8-5-4-6-9-17)14-22(3)12-18(25)13-23-11-7-10-20-23/h4-11,18,25H,12-14H2,1-3H3/t18-/m1/s1. The van der Waals surface area contributed by atoms with Gasteiger partial charge >= 0.3 is 0 Å². The van der Waals surface area contributed by atoms with Gasteiger partial charge in [-0.25, -0.2) is 4.68 Å². The Morgan fingerprint density at radius 3 is 2.60 bits per heavy atom. The van der Waals surface area contributed by atoms with Gasteiger partial charge in [0.15, 0.2) is 0 Å². The summed E-state index contributed by atoms with van der Waals surface area (Å²) in [5.74, 6) is 0. The van der Waals surface area contributed by atoms with E-state index in [1.165, 1.54) is 5.56 Å². The van der Waals surface area contributed by atoms with E-state index in [1.807, 2.05) is 49.1 Å². The maximum atomic E-state index is 10.3. The van der Waals surface area contributed by atoms with Crippen LogP contribution in [0.3, 0.4) is 0 Å². The maximum absolute atomic E-state index is 10.3. The summed E-state index contributed by atoms with van der Waals surface area (Å²) in [4.78, 5) is 2.13. The summed E-state index contributed by atoms with van der Waals surface area (Å²) in [5.41, 5.74) is 4.43. The van der Waals surface area contributed by atoms with Crippen molar-refractivity contribution in [1.29, 1.82) is 0 Å². The van der Waals surface area contributed by atoms with Crippen molar-refractivity contribution in [2.75, 3.05) is 13.6 Å². The second-order valence-electron chi connectivity index (χ2n) is 6.48. The highest BCUT2D eigenvalue weighted by molar-refractivity contribution is 5.36. The third kappa shape index (κ3) is 4.15. The number of rotatable bonds is 7. The van der Waals surface area contributed by atoms with Crippen molar-refractivity contribution < 1.29 is 5.11 Å². The zero-order chi connectivity index (χ0) is 17.8. The lowest BCUT2D eigenvalue weighted by Gasteiger charge is -2.21. The molecular formula is C19H25N5O. The van der Waals surface area contributed by atoms with Gasteiger partial charge in [0.25, 0.3) is 0 Å². The van der Waals surface area contributed by atoms with Crippen LogP contribution in [0.1, 0.15) is 17.0 Å². The van der Waals surface area contributed by atoms with Crippen LogP contribution in [0.4, 0.5) is 0 Å². The summed E-state index contributed by atoms with van der Waals surface area (Å²) in [6.07, 6.45) is 3.12. The van der Waals surface area contributed by atoms with E-state index >= 15 is 0 Å². The number of aryl methyl sites for hydroxylation is 1. The molecule has 3 aromatic rings. The van der Waals surface area contributed by atoms with Crippen LogP contribution in [-0.4, -0.2) is 49.3 Å². The van der Waals surface area contributed by atoms with Gasteiger partial charge in [-0.15, -0.1) is 0 Å². The fourth-order valence-electron chi connectivity index (χ4n) is 3.10. The van der Waals surface area contributed by atoms with Crippen LogP contribution in [0, 0.1) is 13.8 Å². The largest absolute Gasteiger partial charge is 0.390 e. The van der Waals surface area contributed by atoms with E-state index in [0.29, 0.717) is 13.1 Å². The Balaban J connectivity index is 1.67. The number of para-hydroxylation sites is 1. The number of likely N-dealkylation sites (N-methyl/N-ethyl adjacent to an activating group) is 1. The molecule has 0 saturated heterocycles. The number of hydrogen-bond acceptors (Lipinski definition) is 4. The van der Waals surface area contributed by atoms with Crippen molar-refractivity contribution in [3.8, 4) is 5.69 Å². The number of benzene rings is 1. The quantitative estimate of drug-likeness (QED) is 0.717. The molecule has 132 valence electrons. The third-order valence-corrected chi connectivity index (χ3v) is 4.35. The minimum atomic E-state index is -0.463. The molecule has 0 aliphatic rings. The number of hydrogen-bond donors (Lipinski definition) is 1. The smallest absolute Gasteiger partial charge is 0.0862 e. The topological polar surface area (TPSA) is 59.1 Å². The van der Waals surface area contributed by atoms with Crippen LogP contribution >= 0.6 is 0 Å². The highest BCUT2D eigenvalue weighted by Gasteiger charge is 2.16. The van der Waals surface area contributed by atoms with E-state index < -0.39 is 6.10 Å². The van der Waals surface area contributed by atoms with E-state index in [9.17, 15) is 5.11 Å². The average molecular weight is 339 g/mol. The van der Waals surface area contributed by atoms with Gasteiger partial charge in [-0.3, -0.25) is 9.58 Å². The Hall–Kier alpha value is -2.44. The van der Waals surface area contributed by atoms with Gasteiger partial charge in [-0.1, -0.05) is 18.2 Å². The molecule has 3 rings (SSSR count). The molecule has 0 aliphatic carbocycles. The second-order valence-corrected chi connectivity index (χ2v) is 6.48. The van der Waals surface area contributed by atoms with Crippen LogP contribution in [0.2, 0.25) is 0 Å². The first-order valence-corrected chi connectivity index (χ1v) is 8.49. The van der Waals surface area contributed by atoms with Gasteiger partial charge < -0.3 is 5.11 Å². The Morgan fingerprint density at radius 2 is 1.92 bits per heavy atom. The molecule has 1 aromatic carbocycles. The Morgan fingerprint density at radius 1 is 1.16 bits per heavy atom. The van der Waals surface area contributed by atoms with Gasteiger partial charge in [0.05, 0.1) is 24.0 Å². The number of aromatic nitrogens is 4. The van der Waals surface area contributed by atoms with Gasteiger partial charge in [0.2, 0.25) is 0 Å². The lowest BCUT2D eigenvalue weighted by molar-refractivity contribution is 0.103. The molecule has 0 radical (unpaired) electrons. The number of aliphatic hydroxyl groups excluding tert-OH is 1. The van der Waals surface area contributed by atoms with E-state index in [1.54, 1.807) is 10.9 Å². The van der Waals surface area contributed by atoms with E-state index in [0.717, 1.165) is 23.6 Å². The first-order chi connectivity index (χ1) is 12.0. The zero-order valence-corrected chi connectivity index (χ0v) is 15.0. The van der Waals surface area contributed by atoms with Crippen LogP contribution in [0.25, 0.3) is 5.69 Å². The Kier molecular flexibility index (Phi) is 5.31. The molecular weight excluding hydrogens is 314 g/mol. The van der Waals surface area contributed by atoms with Gasteiger partial charge in [-0.05, 0) is 39.1 Å². The molecule has 1 N–H and O–H groups in total. The molecule has 0 bridgehead atoms. The summed E-state index contributed by atoms with van der Waals surface area (Å²) in [6.45, 7) is 5.96. The van der Waals surface area contributed by atoms with Crippen molar-refractivity contribution in [3.05, 3.63) is 65.7 Å². The molecule has 0 aliphatic heterocycles. The number of nitrogens with zero attached hydrogens (tertiary/aromatic N) is 5. The van der Waals surface area contributed by atoms with Gasteiger partial charge in [0, 0.05) is 36.7 Å². The Labute approximate surface area is 148 Å². The molecule has 2 heterocycles. The molecule has 0 amide bonds. The van der Waals surface area contributed by atoms with Crippen molar-refractivity contribution in [2.24, 2.45) is 0 Å². The molecule has 0 spiro atoms. The van der Waals surface area contributed by atoms with E-state index in [4.69, 9.17) is 0 Å². The molecule has 6 heteroatoms. The predicted octanol–water partition coefficient (Wildman–Crippen LogP) is 2.18. The molecule has 0 unspecified atom stereocenters. The first-order valence-electron chi connectivity index (χ1n) is 8.49. The lowest BCUT2D eigenvalue weighted by Crippen LogP contribution is -2.32. The van der Waals surface area contributed by atoms with E-state index in [-0.39, 0.29) is 0 Å². The second kappa shape index (κ2) is 7.63. The molecule has 1 atom stereocenters. The minimum Gasteiger partial charge on any atom is -0.390 e. The summed E-state index contributed by atoms with van der Waals surface area (Å²) in [5, 5.41) is 19.1. The fourth-order valence-corrected chi connectivity index (χ4v) is 3.10. The van der Waals surface area contributed by atoms with Crippen molar-refractivity contribution in [2.45, 2.75) is 33.0 Å². The molecule has 0 saturated carbocycles. The van der Waals surface area contributed by atoms with Gasteiger partial charge in [0.1, 0.15) is 0 Å².